The number of hydrogen-bond donors (Lipinski definition) is 1. The molecule has 0 radical (unpaired) electrons. The Hall–Kier alpha value is -0.920. The second kappa shape index (κ2) is 8.51. The van der Waals surface area contributed by atoms with Gasteiger partial charge in [-0.05, 0) is 30.5 Å². The topological polar surface area (TPSA) is 72.5 Å². The van der Waals surface area contributed by atoms with Crippen LogP contribution < -0.4 is 4.72 Å². The van der Waals surface area contributed by atoms with Gasteiger partial charge < -0.3 is 4.74 Å². The predicted octanol–water partition coefficient (Wildman–Crippen LogP) is 2.77. The first-order chi connectivity index (χ1) is 9.88. The van der Waals surface area contributed by atoms with Gasteiger partial charge in [0.2, 0.25) is 10.0 Å². The number of halogens is 1. The van der Waals surface area contributed by atoms with Crippen LogP contribution in [0.2, 0.25) is 0 Å². The number of benzene rings is 1. The Balaban J connectivity index is 2.62. The lowest BCUT2D eigenvalue weighted by atomic mass is 10.1. The van der Waals surface area contributed by atoms with E-state index in [0.717, 1.165) is 10.0 Å². The number of rotatable bonds is 8. The van der Waals surface area contributed by atoms with Crippen molar-refractivity contribution in [1.29, 1.82) is 0 Å². The van der Waals surface area contributed by atoms with Crippen molar-refractivity contribution in [3.63, 3.8) is 0 Å². The van der Waals surface area contributed by atoms with Gasteiger partial charge in [-0.2, -0.15) is 0 Å². The molecule has 1 atom stereocenters. The smallest absolute Gasteiger partial charge is 0.305 e. The normalized spacial score (nSPS) is 12.9. The quantitative estimate of drug-likeness (QED) is 0.706. The van der Waals surface area contributed by atoms with E-state index in [-0.39, 0.29) is 24.6 Å². The highest BCUT2D eigenvalue weighted by atomic mass is 79.9. The molecule has 5 nitrogen and oxygen atoms in total. The minimum Gasteiger partial charge on any atom is -0.469 e. The average Bonchev–Trinajstić information content (AvgIpc) is 2.45. The SMILES string of the molecule is CCC(NS(=O)(=O)CCCC(=O)OC)c1ccc(Br)cc1. The van der Waals surface area contributed by atoms with Crippen molar-refractivity contribution in [2.75, 3.05) is 12.9 Å². The van der Waals surface area contributed by atoms with Crippen molar-refractivity contribution in [1.82, 2.24) is 4.72 Å². The van der Waals surface area contributed by atoms with Crippen molar-refractivity contribution in [3.05, 3.63) is 34.3 Å². The summed E-state index contributed by atoms with van der Waals surface area (Å²) >= 11 is 3.35. The molecule has 0 aliphatic heterocycles. The summed E-state index contributed by atoms with van der Waals surface area (Å²) in [5.74, 6) is -0.486. The molecule has 0 aliphatic carbocycles. The molecule has 1 aromatic carbocycles. The van der Waals surface area contributed by atoms with Crippen molar-refractivity contribution < 1.29 is 17.9 Å². The Morgan fingerprint density at radius 3 is 2.48 bits per heavy atom. The number of nitrogens with one attached hydrogen (secondary N) is 1. The lowest BCUT2D eigenvalue weighted by molar-refractivity contribution is -0.140. The summed E-state index contributed by atoms with van der Waals surface area (Å²) in [6.45, 7) is 1.92. The molecule has 0 bridgehead atoms. The number of ether oxygens (including phenoxy) is 1. The van der Waals surface area contributed by atoms with Crippen molar-refractivity contribution >= 4 is 31.9 Å². The van der Waals surface area contributed by atoms with E-state index < -0.39 is 16.0 Å². The summed E-state index contributed by atoms with van der Waals surface area (Å²) in [6, 6.07) is 7.26. The van der Waals surface area contributed by atoms with Gasteiger partial charge in [-0.15, -0.1) is 0 Å². The van der Waals surface area contributed by atoms with E-state index in [1.165, 1.54) is 7.11 Å². The molecule has 1 rings (SSSR count). The molecule has 0 amide bonds. The van der Waals surface area contributed by atoms with Gasteiger partial charge in [0.05, 0.1) is 12.9 Å². The first-order valence-corrected chi connectivity index (χ1v) is 9.14. The summed E-state index contributed by atoms with van der Waals surface area (Å²) in [6.07, 6.45) is 1.00. The van der Waals surface area contributed by atoms with E-state index in [9.17, 15) is 13.2 Å². The van der Waals surface area contributed by atoms with Gasteiger partial charge in [0.25, 0.3) is 0 Å². The molecular weight excluding hydrogens is 358 g/mol. The van der Waals surface area contributed by atoms with Gasteiger partial charge in [-0.25, -0.2) is 13.1 Å². The van der Waals surface area contributed by atoms with Crippen LogP contribution in [0.1, 0.15) is 37.8 Å². The summed E-state index contributed by atoms with van der Waals surface area (Å²) in [5, 5.41) is 0. The van der Waals surface area contributed by atoms with E-state index in [0.29, 0.717) is 6.42 Å². The Morgan fingerprint density at radius 2 is 1.95 bits per heavy atom. The molecule has 0 saturated carbocycles. The molecule has 0 heterocycles. The molecule has 21 heavy (non-hydrogen) atoms. The molecule has 7 heteroatoms. The number of carbonyl (C=O) groups excluding carboxylic acids is 1. The van der Waals surface area contributed by atoms with Crippen LogP contribution in [-0.2, 0) is 19.6 Å². The second-order valence-electron chi connectivity index (χ2n) is 4.63. The molecule has 1 N–H and O–H groups in total. The Kier molecular flexibility index (Phi) is 7.34. The van der Waals surface area contributed by atoms with Crippen molar-refractivity contribution in [2.24, 2.45) is 0 Å². The maximum atomic E-state index is 12.0. The molecule has 0 aliphatic rings. The van der Waals surface area contributed by atoms with E-state index >= 15 is 0 Å². The van der Waals surface area contributed by atoms with E-state index in [1.54, 1.807) is 0 Å². The third-order valence-electron chi connectivity index (χ3n) is 3.02. The van der Waals surface area contributed by atoms with Crippen molar-refractivity contribution in [2.45, 2.75) is 32.2 Å². The Labute approximate surface area is 134 Å². The summed E-state index contributed by atoms with van der Waals surface area (Å²) < 4.78 is 32.2. The Morgan fingerprint density at radius 1 is 1.33 bits per heavy atom. The third kappa shape index (κ3) is 6.58. The van der Waals surface area contributed by atoms with Gasteiger partial charge in [0.15, 0.2) is 0 Å². The second-order valence-corrected chi connectivity index (χ2v) is 7.42. The van der Waals surface area contributed by atoms with Crippen LogP contribution in [0.3, 0.4) is 0 Å². The number of methoxy groups -OCH3 is 1. The van der Waals surface area contributed by atoms with Crippen LogP contribution in [-0.4, -0.2) is 27.2 Å². The molecule has 0 saturated heterocycles. The third-order valence-corrected chi connectivity index (χ3v) is 5.02. The van der Waals surface area contributed by atoms with Gasteiger partial charge in [0.1, 0.15) is 0 Å². The largest absolute Gasteiger partial charge is 0.469 e. The van der Waals surface area contributed by atoms with Crippen LogP contribution in [0, 0.1) is 0 Å². The Bertz CT molecular complexity index is 557. The fourth-order valence-corrected chi connectivity index (χ4v) is 3.51. The molecule has 1 aromatic rings. The van der Waals surface area contributed by atoms with Crippen LogP contribution in [0.25, 0.3) is 0 Å². The van der Waals surface area contributed by atoms with E-state index in [2.05, 4.69) is 25.4 Å². The molecular formula is C14H20BrNO4S. The molecule has 0 fully saturated rings. The van der Waals surface area contributed by atoms with Crippen LogP contribution >= 0.6 is 15.9 Å². The standard InChI is InChI=1S/C14H20BrNO4S/c1-3-13(11-6-8-12(15)9-7-11)16-21(18,19)10-4-5-14(17)20-2/h6-9,13,16H,3-5,10H2,1-2H3. The zero-order chi connectivity index (χ0) is 15.9. The molecule has 0 aromatic heterocycles. The first kappa shape index (κ1) is 18.1. The van der Waals surface area contributed by atoms with Gasteiger partial charge in [-0.1, -0.05) is 35.0 Å². The van der Waals surface area contributed by atoms with Gasteiger partial charge >= 0.3 is 5.97 Å². The van der Waals surface area contributed by atoms with Gasteiger partial charge in [0, 0.05) is 16.9 Å². The number of esters is 1. The highest BCUT2D eigenvalue weighted by molar-refractivity contribution is 9.10. The van der Waals surface area contributed by atoms with E-state index in [4.69, 9.17) is 0 Å². The maximum absolute atomic E-state index is 12.0. The summed E-state index contributed by atoms with van der Waals surface area (Å²) in [7, 11) is -2.14. The average molecular weight is 378 g/mol. The number of carbonyl (C=O) groups is 1. The van der Waals surface area contributed by atoms with Crippen LogP contribution in [0.5, 0.6) is 0 Å². The maximum Gasteiger partial charge on any atom is 0.305 e. The fourth-order valence-electron chi connectivity index (χ4n) is 1.87. The first-order valence-electron chi connectivity index (χ1n) is 6.70. The predicted molar refractivity (Wildman–Crippen MR) is 85.3 cm³/mol. The fraction of sp³-hybridized carbons (Fsp3) is 0.500. The lowest BCUT2D eigenvalue weighted by Crippen LogP contribution is -2.30. The highest BCUT2D eigenvalue weighted by Crippen LogP contribution is 2.20. The summed E-state index contributed by atoms with van der Waals surface area (Å²) in [5.41, 5.74) is 0.914. The summed E-state index contributed by atoms with van der Waals surface area (Å²) in [4.78, 5) is 11.0. The monoisotopic (exact) mass is 377 g/mol. The molecule has 118 valence electrons. The lowest BCUT2D eigenvalue weighted by Gasteiger charge is -2.17. The van der Waals surface area contributed by atoms with Crippen LogP contribution in [0.4, 0.5) is 0 Å². The molecule has 0 spiro atoms. The minimum atomic E-state index is -3.42. The minimum absolute atomic E-state index is 0.0882. The van der Waals surface area contributed by atoms with E-state index in [1.807, 2.05) is 31.2 Å². The van der Waals surface area contributed by atoms with Crippen molar-refractivity contribution in [3.8, 4) is 0 Å². The number of hydrogen-bond acceptors (Lipinski definition) is 4. The zero-order valence-corrected chi connectivity index (χ0v) is 14.5. The molecule has 1 unspecified atom stereocenters. The number of sulfonamides is 1. The zero-order valence-electron chi connectivity index (χ0n) is 12.1. The van der Waals surface area contributed by atoms with Gasteiger partial charge in [-0.3, -0.25) is 4.79 Å². The van der Waals surface area contributed by atoms with Crippen LogP contribution in [0.15, 0.2) is 28.7 Å². The highest BCUT2D eigenvalue weighted by Gasteiger charge is 2.18.